The molecule has 0 saturated carbocycles. The van der Waals surface area contributed by atoms with Gasteiger partial charge >= 0.3 is 0 Å². The molecule has 0 aromatic carbocycles. The van der Waals surface area contributed by atoms with Crippen LogP contribution in [0.15, 0.2) is 18.5 Å². The Labute approximate surface area is 92.2 Å². The molecule has 0 aliphatic rings. The van der Waals surface area contributed by atoms with Gasteiger partial charge in [0.25, 0.3) is 0 Å². The summed E-state index contributed by atoms with van der Waals surface area (Å²) in [7, 11) is 0. The minimum Gasteiger partial charge on any atom is -0.288 e. The Hall–Kier alpha value is -1.38. The van der Waals surface area contributed by atoms with Crippen molar-refractivity contribution < 1.29 is 0 Å². The van der Waals surface area contributed by atoms with E-state index in [9.17, 15) is 0 Å². The van der Waals surface area contributed by atoms with Crippen molar-refractivity contribution in [2.24, 2.45) is 0 Å². The molecule has 0 radical (unpaired) electrons. The van der Waals surface area contributed by atoms with Gasteiger partial charge in [-0.15, -0.1) is 0 Å². The van der Waals surface area contributed by atoms with Gasteiger partial charge in [0.05, 0.1) is 6.20 Å². The molecule has 0 bridgehead atoms. The van der Waals surface area contributed by atoms with Crippen LogP contribution in [0.1, 0.15) is 39.1 Å². The molecule has 3 heteroatoms. The van der Waals surface area contributed by atoms with Crippen LogP contribution in [0, 0.1) is 13.8 Å². The molecule has 0 spiro atoms. The second-order valence-corrected chi connectivity index (χ2v) is 2.64. The van der Waals surface area contributed by atoms with Crippen LogP contribution in [0.3, 0.4) is 0 Å². The first kappa shape index (κ1) is 13.6. The van der Waals surface area contributed by atoms with Crippen molar-refractivity contribution in [1.82, 2.24) is 14.4 Å². The summed E-state index contributed by atoms with van der Waals surface area (Å²) in [6.45, 7) is 12.0. The standard InChI is InChI=1S/C8H9N3.2C2H6/c1-6-3-4-11-7(2)5-9-8(11)10-6;2*1-2/h3-5H,1-2H3;2*1-2H3. The van der Waals surface area contributed by atoms with E-state index in [1.807, 2.05) is 64.4 Å². The molecule has 2 aromatic heterocycles. The Kier molecular flexibility index (Phi) is 6.34. The summed E-state index contributed by atoms with van der Waals surface area (Å²) in [5.74, 6) is 0.780. The van der Waals surface area contributed by atoms with Gasteiger partial charge in [0.15, 0.2) is 0 Å². The number of aryl methyl sites for hydroxylation is 2. The van der Waals surface area contributed by atoms with Crippen molar-refractivity contribution in [3.05, 3.63) is 29.8 Å². The zero-order valence-corrected chi connectivity index (χ0v) is 10.6. The van der Waals surface area contributed by atoms with E-state index in [2.05, 4.69) is 9.97 Å². The highest BCUT2D eigenvalue weighted by atomic mass is 15.1. The molecule has 0 atom stereocenters. The molecule has 0 saturated heterocycles. The summed E-state index contributed by atoms with van der Waals surface area (Å²) in [5, 5.41) is 0. The Bertz CT molecular complexity index is 391. The average Bonchev–Trinajstić information content (AvgIpc) is 2.65. The fourth-order valence-corrected chi connectivity index (χ4v) is 1.08. The molecule has 0 N–H and O–H groups in total. The van der Waals surface area contributed by atoms with Gasteiger partial charge < -0.3 is 0 Å². The molecular formula is C12H21N3. The number of aromatic nitrogens is 3. The predicted octanol–water partition coefficient (Wildman–Crippen LogP) is 3.40. The zero-order valence-electron chi connectivity index (χ0n) is 10.6. The van der Waals surface area contributed by atoms with E-state index in [0.29, 0.717) is 0 Å². The highest BCUT2D eigenvalue weighted by Crippen LogP contribution is 2.02. The molecule has 0 fully saturated rings. The largest absolute Gasteiger partial charge is 0.288 e. The van der Waals surface area contributed by atoms with E-state index < -0.39 is 0 Å². The Balaban J connectivity index is 0.000000442. The van der Waals surface area contributed by atoms with Crippen LogP contribution in [0.2, 0.25) is 0 Å². The van der Waals surface area contributed by atoms with Crippen molar-refractivity contribution in [3.8, 4) is 0 Å². The molecule has 0 unspecified atom stereocenters. The van der Waals surface area contributed by atoms with Gasteiger partial charge in [0.2, 0.25) is 5.78 Å². The Morgan fingerprint density at radius 1 is 1.07 bits per heavy atom. The molecule has 3 nitrogen and oxygen atoms in total. The summed E-state index contributed by atoms with van der Waals surface area (Å²) < 4.78 is 1.97. The number of fused-ring (bicyclic) bond motifs is 1. The number of hydrogen-bond donors (Lipinski definition) is 0. The molecule has 2 rings (SSSR count). The average molecular weight is 207 g/mol. The summed E-state index contributed by atoms with van der Waals surface area (Å²) in [4.78, 5) is 8.38. The first-order chi connectivity index (χ1) is 7.27. The molecule has 2 heterocycles. The van der Waals surface area contributed by atoms with Crippen molar-refractivity contribution in [1.29, 1.82) is 0 Å². The van der Waals surface area contributed by atoms with Gasteiger partial charge in [-0.2, -0.15) is 0 Å². The van der Waals surface area contributed by atoms with E-state index in [4.69, 9.17) is 0 Å². The maximum absolute atomic E-state index is 4.25. The van der Waals surface area contributed by atoms with Gasteiger partial charge in [0.1, 0.15) is 0 Å². The van der Waals surface area contributed by atoms with Crippen LogP contribution in [0.4, 0.5) is 0 Å². The molecule has 2 aromatic rings. The quantitative estimate of drug-likeness (QED) is 0.662. The van der Waals surface area contributed by atoms with Crippen molar-refractivity contribution in [3.63, 3.8) is 0 Å². The number of imidazole rings is 1. The maximum atomic E-state index is 4.25. The van der Waals surface area contributed by atoms with Gasteiger partial charge in [-0.3, -0.25) is 4.40 Å². The Morgan fingerprint density at radius 3 is 2.27 bits per heavy atom. The van der Waals surface area contributed by atoms with Crippen molar-refractivity contribution in [2.75, 3.05) is 0 Å². The third-order valence-corrected chi connectivity index (χ3v) is 1.70. The second-order valence-electron chi connectivity index (χ2n) is 2.64. The van der Waals surface area contributed by atoms with Crippen LogP contribution >= 0.6 is 0 Å². The van der Waals surface area contributed by atoms with E-state index in [0.717, 1.165) is 17.2 Å². The third-order valence-electron chi connectivity index (χ3n) is 1.70. The minimum absolute atomic E-state index is 0.780. The summed E-state index contributed by atoms with van der Waals surface area (Å²) in [6.07, 6.45) is 3.81. The molecule has 0 aliphatic heterocycles. The number of hydrogen-bond acceptors (Lipinski definition) is 2. The van der Waals surface area contributed by atoms with Gasteiger partial charge in [-0.05, 0) is 19.9 Å². The summed E-state index contributed by atoms with van der Waals surface area (Å²) in [6, 6.07) is 1.97. The molecule has 0 aliphatic carbocycles. The number of rotatable bonds is 0. The molecular weight excluding hydrogens is 186 g/mol. The first-order valence-electron chi connectivity index (χ1n) is 5.55. The lowest BCUT2D eigenvalue weighted by molar-refractivity contribution is 1.04. The lowest BCUT2D eigenvalue weighted by Gasteiger charge is -1.94. The van der Waals surface area contributed by atoms with Crippen LogP contribution in [-0.4, -0.2) is 14.4 Å². The fraction of sp³-hybridized carbons (Fsp3) is 0.500. The second kappa shape index (κ2) is 6.98. The van der Waals surface area contributed by atoms with Crippen LogP contribution < -0.4 is 0 Å². The highest BCUT2D eigenvalue weighted by molar-refractivity contribution is 5.31. The third kappa shape index (κ3) is 3.35. The lowest BCUT2D eigenvalue weighted by atomic mass is 10.4. The maximum Gasteiger partial charge on any atom is 0.234 e. The van der Waals surface area contributed by atoms with E-state index in [1.54, 1.807) is 0 Å². The SMILES string of the molecule is CC.CC.Cc1ccn2c(C)cnc2n1. The highest BCUT2D eigenvalue weighted by Gasteiger charge is 1.97. The normalized spacial score (nSPS) is 8.67. The van der Waals surface area contributed by atoms with Gasteiger partial charge in [-0.1, -0.05) is 27.7 Å². The van der Waals surface area contributed by atoms with E-state index in [1.165, 1.54) is 0 Å². The molecule has 84 valence electrons. The number of nitrogens with zero attached hydrogens (tertiary/aromatic N) is 3. The molecule has 15 heavy (non-hydrogen) atoms. The lowest BCUT2D eigenvalue weighted by Crippen LogP contribution is -1.91. The molecule has 0 amide bonds. The Morgan fingerprint density at radius 2 is 1.67 bits per heavy atom. The van der Waals surface area contributed by atoms with Gasteiger partial charge in [-0.25, -0.2) is 9.97 Å². The van der Waals surface area contributed by atoms with Crippen molar-refractivity contribution >= 4 is 5.78 Å². The van der Waals surface area contributed by atoms with E-state index >= 15 is 0 Å². The van der Waals surface area contributed by atoms with Crippen LogP contribution in [0.5, 0.6) is 0 Å². The summed E-state index contributed by atoms with van der Waals surface area (Å²) in [5.41, 5.74) is 2.12. The van der Waals surface area contributed by atoms with E-state index in [-0.39, 0.29) is 0 Å². The predicted molar refractivity (Wildman–Crippen MR) is 65.2 cm³/mol. The van der Waals surface area contributed by atoms with Crippen molar-refractivity contribution in [2.45, 2.75) is 41.5 Å². The van der Waals surface area contributed by atoms with Crippen LogP contribution in [0.25, 0.3) is 5.78 Å². The fourth-order valence-electron chi connectivity index (χ4n) is 1.08. The first-order valence-corrected chi connectivity index (χ1v) is 5.55. The minimum atomic E-state index is 0.780. The summed E-state index contributed by atoms with van der Waals surface area (Å²) >= 11 is 0. The zero-order chi connectivity index (χ0) is 11.8. The van der Waals surface area contributed by atoms with Crippen LogP contribution in [-0.2, 0) is 0 Å². The topological polar surface area (TPSA) is 30.2 Å². The monoisotopic (exact) mass is 207 g/mol. The smallest absolute Gasteiger partial charge is 0.234 e. The van der Waals surface area contributed by atoms with Gasteiger partial charge in [0, 0.05) is 17.6 Å².